The van der Waals surface area contributed by atoms with Crippen molar-refractivity contribution in [3.05, 3.63) is 95.6 Å². The fourth-order valence-corrected chi connectivity index (χ4v) is 3.07. The Morgan fingerprint density at radius 2 is 1.36 bits per heavy atom. The van der Waals surface area contributed by atoms with E-state index in [4.69, 9.17) is 14.2 Å². The quantitative estimate of drug-likeness (QED) is 0.113. The highest BCUT2D eigenvalue weighted by Crippen LogP contribution is 2.18. The van der Waals surface area contributed by atoms with Crippen molar-refractivity contribution < 1.29 is 23.8 Å². The van der Waals surface area contributed by atoms with Crippen molar-refractivity contribution >= 4 is 17.8 Å². The smallest absolute Gasteiger partial charge is 0.343 e. The van der Waals surface area contributed by atoms with Crippen LogP contribution in [-0.2, 0) is 0 Å². The monoisotopic (exact) mass is 444 g/mol. The van der Waals surface area contributed by atoms with Gasteiger partial charge in [0.15, 0.2) is 5.78 Å². The Morgan fingerprint density at radius 1 is 0.758 bits per heavy atom. The lowest BCUT2D eigenvalue weighted by Crippen LogP contribution is -2.08. The van der Waals surface area contributed by atoms with Gasteiger partial charge in [0.05, 0.1) is 19.3 Å². The first-order valence-electron chi connectivity index (χ1n) is 11.0. The van der Waals surface area contributed by atoms with Crippen LogP contribution < -0.4 is 14.2 Å². The molecule has 0 saturated carbocycles. The summed E-state index contributed by atoms with van der Waals surface area (Å²) in [5.74, 6) is 1.32. The molecule has 3 aromatic carbocycles. The number of hydrogen-bond acceptors (Lipinski definition) is 5. The molecule has 0 radical (unpaired) electrons. The predicted octanol–water partition coefficient (Wildman–Crippen LogP) is 6.38. The molecule has 5 heteroatoms. The number of hydrogen-bond donors (Lipinski definition) is 0. The topological polar surface area (TPSA) is 61.8 Å². The molecule has 0 atom stereocenters. The zero-order chi connectivity index (χ0) is 23.5. The van der Waals surface area contributed by atoms with Gasteiger partial charge in [-0.05, 0) is 78.7 Å². The fourth-order valence-electron chi connectivity index (χ4n) is 3.07. The lowest BCUT2D eigenvalue weighted by molar-refractivity contribution is 0.0734. The first-order valence-corrected chi connectivity index (χ1v) is 11.0. The molecule has 0 spiro atoms. The van der Waals surface area contributed by atoms with E-state index in [1.807, 2.05) is 0 Å². The summed E-state index contributed by atoms with van der Waals surface area (Å²) in [5.41, 5.74) is 1.85. The van der Waals surface area contributed by atoms with E-state index in [-0.39, 0.29) is 5.78 Å². The third-order valence-corrected chi connectivity index (χ3v) is 5.00. The number of rotatable bonds is 11. The van der Waals surface area contributed by atoms with E-state index in [0.29, 0.717) is 29.2 Å². The Labute approximate surface area is 194 Å². The molecule has 0 aliphatic rings. The average Bonchev–Trinajstić information content (AvgIpc) is 2.86. The van der Waals surface area contributed by atoms with Gasteiger partial charge in [-0.2, -0.15) is 0 Å². The van der Waals surface area contributed by atoms with Crippen LogP contribution in [-0.4, -0.2) is 25.5 Å². The van der Waals surface area contributed by atoms with Gasteiger partial charge < -0.3 is 14.2 Å². The maximum absolute atomic E-state index is 12.4. The van der Waals surface area contributed by atoms with Crippen molar-refractivity contribution in [2.45, 2.75) is 26.2 Å². The maximum Gasteiger partial charge on any atom is 0.343 e. The van der Waals surface area contributed by atoms with Gasteiger partial charge >= 0.3 is 5.97 Å². The van der Waals surface area contributed by atoms with E-state index in [1.165, 1.54) is 6.08 Å². The molecule has 33 heavy (non-hydrogen) atoms. The second-order valence-electron chi connectivity index (χ2n) is 7.46. The molecule has 3 rings (SSSR count). The highest BCUT2D eigenvalue weighted by molar-refractivity contribution is 6.06. The van der Waals surface area contributed by atoms with Crippen molar-refractivity contribution in [3.8, 4) is 17.2 Å². The van der Waals surface area contributed by atoms with Crippen molar-refractivity contribution in [2.24, 2.45) is 0 Å². The van der Waals surface area contributed by atoms with Crippen LogP contribution in [0.15, 0.2) is 78.9 Å². The average molecular weight is 445 g/mol. The molecule has 0 heterocycles. The largest absolute Gasteiger partial charge is 0.497 e. The minimum Gasteiger partial charge on any atom is -0.497 e. The standard InChI is InChI=1S/C28H28O5/c1-3-4-5-20-32-25-17-11-23(12-18-25)28(30)33-26-13-6-21(7-14-26)8-19-27(29)22-9-15-24(31-2)16-10-22/h6-19H,3-5,20H2,1-2H3/b19-8+. The highest BCUT2D eigenvalue weighted by Gasteiger charge is 2.09. The summed E-state index contributed by atoms with van der Waals surface area (Å²) in [6.07, 6.45) is 6.53. The zero-order valence-electron chi connectivity index (χ0n) is 19.0. The Kier molecular flexibility index (Phi) is 8.83. The van der Waals surface area contributed by atoms with Crippen LogP contribution in [0.1, 0.15) is 52.5 Å². The molecule has 0 fully saturated rings. The van der Waals surface area contributed by atoms with Gasteiger partial charge in [0.1, 0.15) is 17.2 Å². The van der Waals surface area contributed by atoms with Crippen LogP contribution in [0.4, 0.5) is 0 Å². The summed E-state index contributed by atoms with van der Waals surface area (Å²) in [6.45, 7) is 2.82. The van der Waals surface area contributed by atoms with E-state index in [1.54, 1.807) is 86.0 Å². The summed E-state index contributed by atoms with van der Waals surface area (Å²) in [7, 11) is 1.58. The molecular formula is C28H28O5. The van der Waals surface area contributed by atoms with Gasteiger partial charge in [-0.3, -0.25) is 4.79 Å². The molecule has 3 aromatic rings. The van der Waals surface area contributed by atoms with E-state index >= 15 is 0 Å². The van der Waals surface area contributed by atoms with Crippen LogP contribution in [0.2, 0.25) is 0 Å². The van der Waals surface area contributed by atoms with Gasteiger partial charge in [0.2, 0.25) is 0 Å². The van der Waals surface area contributed by atoms with Crippen molar-refractivity contribution in [3.63, 3.8) is 0 Å². The second kappa shape index (κ2) is 12.2. The number of ether oxygens (including phenoxy) is 3. The lowest BCUT2D eigenvalue weighted by Gasteiger charge is -2.07. The van der Waals surface area contributed by atoms with Crippen LogP contribution in [0, 0.1) is 0 Å². The third-order valence-electron chi connectivity index (χ3n) is 5.00. The molecule has 0 N–H and O–H groups in total. The second-order valence-corrected chi connectivity index (χ2v) is 7.46. The lowest BCUT2D eigenvalue weighted by atomic mass is 10.1. The number of carbonyl (C=O) groups excluding carboxylic acids is 2. The fraction of sp³-hybridized carbons (Fsp3) is 0.214. The first-order chi connectivity index (χ1) is 16.1. The van der Waals surface area contributed by atoms with Crippen molar-refractivity contribution in [1.82, 2.24) is 0 Å². The molecule has 0 bridgehead atoms. The van der Waals surface area contributed by atoms with Crippen LogP contribution in [0.3, 0.4) is 0 Å². The molecule has 170 valence electrons. The van der Waals surface area contributed by atoms with E-state index < -0.39 is 5.97 Å². The molecule has 0 aliphatic heterocycles. The normalized spacial score (nSPS) is 10.7. The number of carbonyl (C=O) groups is 2. The van der Waals surface area contributed by atoms with Gasteiger partial charge in [-0.15, -0.1) is 0 Å². The number of benzene rings is 3. The molecule has 0 unspecified atom stereocenters. The van der Waals surface area contributed by atoms with Gasteiger partial charge in [-0.25, -0.2) is 4.79 Å². The molecule has 5 nitrogen and oxygen atoms in total. The van der Waals surface area contributed by atoms with E-state index in [0.717, 1.165) is 30.6 Å². The number of unbranched alkanes of at least 4 members (excludes halogenated alkanes) is 2. The molecular weight excluding hydrogens is 416 g/mol. The van der Waals surface area contributed by atoms with Crippen LogP contribution in [0.25, 0.3) is 6.08 Å². The molecule has 0 amide bonds. The van der Waals surface area contributed by atoms with Gasteiger partial charge in [0, 0.05) is 5.56 Å². The minimum absolute atomic E-state index is 0.106. The number of ketones is 1. The molecule has 0 aliphatic carbocycles. The van der Waals surface area contributed by atoms with Gasteiger partial charge in [0.25, 0.3) is 0 Å². The predicted molar refractivity (Wildman–Crippen MR) is 129 cm³/mol. The minimum atomic E-state index is -0.439. The third kappa shape index (κ3) is 7.35. The number of allylic oxidation sites excluding steroid dienone is 1. The van der Waals surface area contributed by atoms with E-state index in [2.05, 4.69) is 6.92 Å². The van der Waals surface area contributed by atoms with Crippen molar-refractivity contribution in [1.29, 1.82) is 0 Å². The molecule has 0 saturated heterocycles. The zero-order valence-corrected chi connectivity index (χ0v) is 19.0. The van der Waals surface area contributed by atoms with E-state index in [9.17, 15) is 9.59 Å². The Balaban J connectivity index is 1.52. The summed E-state index contributed by atoms with van der Waals surface area (Å²) < 4.78 is 16.2. The Hall–Kier alpha value is -3.86. The van der Waals surface area contributed by atoms with Crippen LogP contribution >= 0.6 is 0 Å². The number of methoxy groups -OCH3 is 1. The highest BCUT2D eigenvalue weighted by atomic mass is 16.5. The van der Waals surface area contributed by atoms with Crippen LogP contribution in [0.5, 0.6) is 17.2 Å². The summed E-state index contributed by atoms with van der Waals surface area (Å²) in [6, 6.07) is 20.8. The Bertz CT molecular complexity index is 1060. The summed E-state index contributed by atoms with van der Waals surface area (Å²) in [4.78, 5) is 24.7. The first kappa shape index (κ1) is 23.8. The molecule has 0 aromatic heterocycles. The van der Waals surface area contributed by atoms with Crippen molar-refractivity contribution in [2.75, 3.05) is 13.7 Å². The SMILES string of the molecule is CCCCCOc1ccc(C(=O)Oc2ccc(/C=C/C(=O)c3ccc(OC)cc3)cc2)cc1. The Morgan fingerprint density at radius 3 is 2.00 bits per heavy atom. The van der Waals surface area contributed by atoms with Gasteiger partial charge in [-0.1, -0.05) is 38.0 Å². The summed E-state index contributed by atoms with van der Waals surface area (Å²) >= 11 is 0. The summed E-state index contributed by atoms with van der Waals surface area (Å²) in [5, 5.41) is 0. The number of esters is 1. The maximum atomic E-state index is 12.4.